The number of para-hydroxylation sites is 3. The Hall–Kier alpha value is -3.21. The van der Waals surface area contributed by atoms with Crippen molar-refractivity contribution in [1.82, 2.24) is 14.5 Å². The van der Waals surface area contributed by atoms with Crippen molar-refractivity contribution in [2.24, 2.45) is 0 Å². The summed E-state index contributed by atoms with van der Waals surface area (Å²) in [6.07, 6.45) is 3.31. The number of rotatable bonds is 1. The smallest absolute Gasteiger partial charge is 0.290 e. The minimum atomic E-state index is -0.259. The van der Waals surface area contributed by atoms with E-state index >= 15 is 0 Å². The first-order chi connectivity index (χ1) is 10.8. The van der Waals surface area contributed by atoms with Crippen molar-refractivity contribution < 1.29 is 4.79 Å². The average molecular weight is 288 g/mol. The van der Waals surface area contributed by atoms with E-state index in [1.165, 1.54) is 0 Å². The number of fused-ring (bicyclic) bond motifs is 2. The summed E-state index contributed by atoms with van der Waals surface area (Å²) in [7, 11) is 0. The van der Waals surface area contributed by atoms with Crippen molar-refractivity contribution in [3.63, 3.8) is 0 Å². The topological polar surface area (TPSA) is 59.8 Å². The number of carbonyl (C=O) groups is 1. The number of benzene rings is 2. The molecule has 2 aromatic heterocycles. The first kappa shape index (κ1) is 12.5. The number of nitrogens with one attached hydrogen (secondary N) is 1. The number of hydrogen-bond acceptors (Lipinski definition) is 3. The minimum absolute atomic E-state index is 0.259. The van der Waals surface area contributed by atoms with Crippen molar-refractivity contribution >= 4 is 33.8 Å². The van der Waals surface area contributed by atoms with E-state index in [9.17, 15) is 4.79 Å². The van der Waals surface area contributed by atoms with Crippen LogP contribution in [0.15, 0.2) is 67.0 Å². The van der Waals surface area contributed by atoms with Gasteiger partial charge in [-0.25, -0.2) is 9.78 Å². The normalized spacial score (nSPS) is 10.9. The van der Waals surface area contributed by atoms with E-state index < -0.39 is 0 Å². The highest BCUT2D eigenvalue weighted by molar-refractivity contribution is 5.98. The van der Waals surface area contributed by atoms with Crippen LogP contribution in [0.4, 0.5) is 10.6 Å². The van der Waals surface area contributed by atoms with Gasteiger partial charge in [0, 0.05) is 11.6 Å². The fourth-order valence-corrected chi connectivity index (χ4v) is 2.45. The Morgan fingerprint density at radius 2 is 1.73 bits per heavy atom. The summed E-state index contributed by atoms with van der Waals surface area (Å²) < 4.78 is 1.56. The van der Waals surface area contributed by atoms with E-state index in [4.69, 9.17) is 0 Å². The molecule has 0 atom stereocenters. The molecule has 5 heteroatoms. The van der Waals surface area contributed by atoms with Gasteiger partial charge in [0.2, 0.25) is 0 Å². The Morgan fingerprint density at radius 1 is 0.955 bits per heavy atom. The second kappa shape index (κ2) is 4.96. The fraction of sp³-hybridized carbons (Fsp3) is 0. The molecule has 0 aliphatic rings. The van der Waals surface area contributed by atoms with E-state index in [1.807, 2.05) is 54.6 Å². The third-order valence-corrected chi connectivity index (χ3v) is 3.50. The summed E-state index contributed by atoms with van der Waals surface area (Å²) in [6.45, 7) is 0. The molecule has 0 aliphatic heterocycles. The molecule has 106 valence electrons. The molecule has 0 spiro atoms. The quantitative estimate of drug-likeness (QED) is 0.581. The number of aromatic nitrogens is 3. The molecule has 0 aliphatic carbocycles. The summed E-state index contributed by atoms with van der Waals surface area (Å²) in [5.74, 6) is 0.432. The molecule has 0 radical (unpaired) electrons. The third-order valence-electron chi connectivity index (χ3n) is 3.50. The van der Waals surface area contributed by atoms with Gasteiger partial charge in [-0.1, -0.05) is 30.3 Å². The van der Waals surface area contributed by atoms with Crippen molar-refractivity contribution in [3.8, 4) is 0 Å². The lowest BCUT2D eigenvalue weighted by Crippen LogP contribution is -2.19. The SMILES string of the molecule is O=C(Nc1cnc2ccccc2n1)n1ccc2ccccc21. The highest BCUT2D eigenvalue weighted by Gasteiger charge is 2.09. The van der Waals surface area contributed by atoms with Gasteiger partial charge in [0.1, 0.15) is 0 Å². The van der Waals surface area contributed by atoms with Crippen molar-refractivity contribution in [2.45, 2.75) is 0 Å². The Labute approximate surface area is 126 Å². The lowest BCUT2D eigenvalue weighted by molar-refractivity contribution is 0.254. The van der Waals surface area contributed by atoms with Crippen LogP contribution < -0.4 is 5.32 Å². The van der Waals surface area contributed by atoms with Gasteiger partial charge >= 0.3 is 6.03 Å². The number of carbonyl (C=O) groups excluding carboxylic acids is 1. The molecule has 0 bridgehead atoms. The van der Waals surface area contributed by atoms with Crippen LogP contribution >= 0.6 is 0 Å². The standard InChI is InChI=1S/C17H12N4O/c22-17(21-10-9-12-5-1-4-8-15(12)21)20-16-11-18-13-6-2-3-7-14(13)19-16/h1-11H,(H,19,20,22). The molecule has 5 nitrogen and oxygen atoms in total. The van der Waals surface area contributed by atoms with E-state index in [1.54, 1.807) is 17.0 Å². The van der Waals surface area contributed by atoms with Crippen molar-refractivity contribution in [3.05, 3.63) is 67.0 Å². The van der Waals surface area contributed by atoms with Crippen molar-refractivity contribution in [2.75, 3.05) is 5.32 Å². The molecule has 1 N–H and O–H groups in total. The molecule has 4 aromatic rings. The second-order valence-electron chi connectivity index (χ2n) is 4.92. The Balaban J connectivity index is 1.68. The Morgan fingerprint density at radius 3 is 2.64 bits per heavy atom. The van der Waals surface area contributed by atoms with E-state index in [0.29, 0.717) is 5.82 Å². The zero-order valence-corrected chi connectivity index (χ0v) is 11.6. The average Bonchev–Trinajstić information content (AvgIpc) is 2.99. The molecular formula is C17H12N4O. The van der Waals surface area contributed by atoms with Crippen LogP contribution in [0.5, 0.6) is 0 Å². The van der Waals surface area contributed by atoms with Crippen LogP contribution in [0.3, 0.4) is 0 Å². The molecule has 22 heavy (non-hydrogen) atoms. The summed E-state index contributed by atoms with van der Waals surface area (Å²) in [6, 6.07) is 16.9. The van der Waals surface area contributed by atoms with Crippen LogP contribution in [0, 0.1) is 0 Å². The maximum absolute atomic E-state index is 12.4. The summed E-state index contributed by atoms with van der Waals surface area (Å²) in [5.41, 5.74) is 2.40. The van der Waals surface area contributed by atoms with Crippen LogP contribution in [0.1, 0.15) is 0 Å². The predicted molar refractivity (Wildman–Crippen MR) is 85.9 cm³/mol. The maximum atomic E-state index is 12.4. The number of hydrogen-bond donors (Lipinski definition) is 1. The van der Waals surface area contributed by atoms with E-state index in [0.717, 1.165) is 21.9 Å². The van der Waals surface area contributed by atoms with Gasteiger partial charge in [-0.05, 0) is 24.3 Å². The largest absolute Gasteiger partial charge is 0.331 e. The van der Waals surface area contributed by atoms with Crippen LogP contribution in [0.25, 0.3) is 21.9 Å². The predicted octanol–water partition coefficient (Wildman–Crippen LogP) is 3.66. The lowest BCUT2D eigenvalue weighted by Gasteiger charge is -2.07. The van der Waals surface area contributed by atoms with Gasteiger partial charge in [-0.3, -0.25) is 14.9 Å². The molecule has 4 rings (SSSR count). The molecule has 2 heterocycles. The van der Waals surface area contributed by atoms with E-state index in [-0.39, 0.29) is 6.03 Å². The molecular weight excluding hydrogens is 276 g/mol. The summed E-state index contributed by atoms with van der Waals surface area (Å²) in [4.78, 5) is 21.1. The highest BCUT2D eigenvalue weighted by Crippen LogP contribution is 2.16. The monoisotopic (exact) mass is 288 g/mol. The first-order valence-corrected chi connectivity index (χ1v) is 6.90. The van der Waals surface area contributed by atoms with Gasteiger partial charge < -0.3 is 0 Å². The van der Waals surface area contributed by atoms with Gasteiger partial charge in [-0.2, -0.15) is 0 Å². The fourth-order valence-electron chi connectivity index (χ4n) is 2.45. The van der Waals surface area contributed by atoms with Gasteiger partial charge in [0.25, 0.3) is 0 Å². The number of amides is 1. The first-order valence-electron chi connectivity index (χ1n) is 6.90. The van der Waals surface area contributed by atoms with E-state index in [2.05, 4.69) is 15.3 Å². The molecule has 0 unspecified atom stereocenters. The van der Waals surface area contributed by atoms with Crippen LogP contribution in [-0.2, 0) is 0 Å². The van der Waals surface area contributed by atoms with Crippen LogP contribution in [0.2, 0.25) is 0 Å². The number of nitrogens with zero attached hydrogens (tertiary/aromatic N) is 3. The van der Waals surface area contributed by atoms with Gasteiger partial charge in [0.15, 0.2) is 5.82 Å². The second-order valence-corrected chi connectivity index (χ2v) is 4.92. The zero-order valence-electron chi connectivity index (χ0n) is 11.6. The summed E-state index contributed by atoms with van der Waals surface area (Å²) >= 11 is 0. The molecule has 0 fully saturated rings. The molecule has 0 saturated carbocycles. The summed E-state index contributed by atoms with van der Waals surface area (Å²) in [5, 5.41) is 3.79. The maximum Gasteiger partial charge on any atom is 0.331 e. The van der Waals surface area contributed by atoms with Crippen LogP contribution in [-0.4, -0.2) is 20.6 Å². The molecule has 1 amide bonds. The molecule has 2 aromatic carbocycles. The number of anilines is 1. The molecule has 0 saturated heterocycles. The highest BCUT2D eigenvalue weighted by atomic mass is 16.2. The van der Waals surface area contributed by atoms with Gasteiger partial charge in [-0.15, -0.1) is 0 Å². The van der Waals surface area contributed by atoms with Crippen molar-refractivity contribution in [1.29, 1.82) is 0 Å². The Bertz CT molecular complexity index is 990. The zero-order chi connectivity index (χ0) is 14.9. The third kappa shape index (κ3) is 2.09. The minimum Gasteiger partial charge on any atom is -0.290 e. The lowest BCUT2D eigenvalue weighted by atomic mass is 10.2. The van der Waals surface area contributed by atoms with Gasteiger partial charge in [0.05, 0.1) is 22.7 Å². The Kier molecular flexibility index (Phi) is 2.83.